The first-order valence-corrected chi connectivity index (χ1v) is 9.33. The first kappa shape index (κ1) is 15.8. The standard InChI is InChI=1S/C20H30O3/c1-17-8-6-14(21)12-13(17)4-5-16-15-7-9-19(3,22)18(15,2)10-11-20(16,17)23/h12,15-16,22-23H,4-11H2,1-3H3/t15-,16-,17-,18-,19-,20?/m0/s1. The van der Waals surface area contributed by atoms with Crippen LogP contribution in [0.25, 0.3) is 0 Å². The van der Waals surface area contributed by atoms with E-state index in [2.05, 4.69) is 13.8 Å². The van der Waals surface area contributed by atoms with Crippen molar-refractivity contribution >= 4 is 5.78 Å². The maximum absolute atomic E-state index is 11.9. The minimum Gasteiger partial charge on any atom is -0.390 e. The first-order chi connectivity index (χ1) is 10.6. The zero-order chi connectivity index (χ0) is 16.7. The van der Waals surface area contributed by atoms with Crippen LogP contribution in [0.3, 0.4) is 0 Å². The fraction of sp³-hybridized carbons (Fsp3) is 0.850. The van der Waals surface area contributed by atoms with Gasteiger partial charge in [-0.2, -0.15) is 0 Å². The highest BCUT2D eigenvalue weighted by Gasteiger charge is 2.67. The van der Waals surface area contributed by atoms with Crippen LogP contribution >= 0.6 is 0 Å². The van der Waals surface area contributed by atoms with Gasteiger partial charge in [-0.15, -0.1) is 0 Å². The van der Waals surface area contributed by atoms with Gasteiger partial charge in [0, 0.05) is 11.8 Å². The number of hydrogen-bond donors (Lipinski definition) is 2. The molecule has 3 heteroatoms. The molecule has 1 unspecified atom stereocenters. The van der Waals surface area contributed by atoms with Crippen molar-refractivity contribution in [1.82, 2.24) is 0 Å². The Bertz CT molecular complexity index is 592. The molecule has 4 aliphatic carbocycles. The van der Waals surface area contributed by atoms with E-state index in [1.54, 1.807) is 0 Å². The van der Waals surface area contributed by atoms with Gasteiger partial charge in [-0.3, -0.25) is 4.79 Å². The van der Waals surface area contributed by atoms with Crippen LogP contribution in [-0.4, -0.2) is 27.2 Å². The third-order valence-corrected chi connectivity index (χ3v) is 8.71. The molecule has 0 aromatic carbocycles. The Morgan fingerprint density at radius 3 is 2.43 bits per heavy atom. The van der Waals surface area contributed by atoms with Crippen molar-refractivity contribution in [3.8, 4) is 0 Å². The van der Waals surface area contributed by atoms with Crippen LogP contribution in [0.15, 0.2) is 11.6 Å². The van der Waals surface area contributed by atoms with Crippen molar-refractivity contribution in [3.63, 3.8) is 0 Å². The molecule has 128 valence electrons. The molecule has 23 heavy (non-hydrogen) atoms. The molecule has 0 saturated heterocycles. The monoisotopic (exact) mass is 318 g/mol. The predicted molar refractivity (Wildman–Crippen MR) is 88.8 cm³/mol. The van der Waals surface area contributed by atoms with Crippen LogP contribution in [0.2, 0.25) is 0 Å². The van der Waals surface area contributed by atoms with E-state index in [0.717, 1.165) is 44.9 Å². The molecular weight excluding hydrogens is 288 g/mol. The lowest BCUT2D eigenvalue weighted by molar-refractivity contribution is -0.207. The quantitative estimate of drug-likeness (QED) is 0.720. The molecule has 0 bridgehead atoms. The lowest BCUT2D eigenvalue weighted by Gasteiger charge is -2.63. The van der Waals surface area contributed by atoms with Crippen LogP contribution in [0.4, 0.5) is 0 Å². The predicted octanol–water partition coefficient (Wildman–Crippen LogP) is 3.38. The Labute approximate surface area is 139 Å². The highest BCUT2D eigenvalue weighted by atomic mass is 16.3. The largest absolute Gasteiger partial charge is 0.390 e. The Morgan fingerprint density at radius 2 is 1.70 bits per heavy atom. The van der Waals surface area contributed by atoms with Gasteiger partial charge >= 0.3 is 0 Å². The second-order valence-corrected chi connectivity index (χ2v) is 9.37. The molecule has 0 aliphatic heterocycles. The molecule has 4 aliphatic rings. The lowest BCUT2D eigenvalue weighted by Crippen LogP contribution is -2.64. The summed E-state index contributed by atoms with van der Waals surface area (Å²) in [5, 5.41) is 22.7. The fourth-order valence-corrected chi connectivity index (χ4v) is 6.75. The van der Waals surface area contributed by atoms with Crippen molar-refractivity contribution in [2.45, 2.75) is 83.3 Å². The van der Waals surface area contributed by atoms with E-state index < -0.39 is 11.2 Å². The summed E-state index contributed by atoms with van der Waals surface area (Å²) in [5.74, 6) is 0.877. The molecule has 0 spiro atoms. The topological polar surface area (TPSA) is 57.5 Å². The molecule has 3 fully saturated rings. The van der Waals surface area contributed by atoms with Gasteiger partial charge in [0.2, 0.25) is 0 Å². The summed E-state index contributed by atoms with van der Waals surface area (Å²) < 4.78 is 0. The zero-order valence-corrected chi connectivity index (χ0v) is 14.7. The lowest BCUT2D eigenvalue weighted by atomic mass is 9.44. The first-order valence-electron chi connectivity index (χ1n) is 9.33. The highest BCUT2D eigenvalue weighted by Crippen LogP contribution is 2.68. The highest BCUT2D eigenvalue weighted by molar-refractivity contribution is 5.91. The van der Waals surface area contributed by atoms with Gasteiger partial charge in [0.1, 0.15) is 0 Å². The van der Waals surface area contributed by atoms with Crippen LogP contribution in [-0.2, 0) is 4.79 Å². The number of fused-ring (bicyclic) bond motifs is 5. The van der Waals surface area contributed by atoms with E-state index in [1.807, 2.05) is 13.0 Å². The van der Waals surface area contributed by atoms with Crippen LogP contribution < -0.4 is 0 Å². The van der Waals surface area contributed by atoms with Gasteiger partial charge < -0.3 is 10.2 Å². The van der Waals surface area contributed by atoms with Gasteiger partial charge in [0.15, 0.2) is 5.78 Å². The van der Waals surface area contributed by atoms with Crippen LogP contribution in [0.5, 0.6) is 0 Å². The van der Waals surface area contributed by atoms with E-state index in [0.29, 0.717) is 12.3 Å². The van der Waals surface area contributed by atoms with Gasteiger partial charge in [0.05, 0.1) is 11.2 Å². The van der Waals surface area contributed by atoms with Crippen LogP contribution in [0, 0.1) is 22.7 Å². The summed E-state index contributed by atoms with van der Waals surface area (Å²) in [5.41, 5.74) is -0.465. The minimum atomic E-state index is -0.706. The van der Waals surface area contributed by atoms with Crippen molar-refractivity contribution in [2.75, 3.05) is 0 Å². The van der Waals surface area contributed by atoms with Crippen molar-refractivity contribution in [1.29, 1.82) is 0 Å². The number of ketones is 1. The van der Waals surface area contributed by atoms with Gasteiger partial charge in [-0.05, 0) is 75.2 Å². The van der Waals surface area contributed by atoms with E-state index in [9.17, 15) is 15.0 Å². The Morgan fingerprint density at radius 1 is 0.957 bits per heavy atom. The Balaban J connectivity index is 1.77. The number of hydrogen-bond acceptors (Lipinski definition) is 3. The molecule has 6 atom stereocenters. The van der Waals surface area contributed by atoms with Crippen molar-refractivity contribution in [2.24, 2.45) is 22.7 Å². The molecule has 0 radical (unpaired) electrons. The van der Waals surface area contributed by atoms with Crippen LogP contribution in [0.1, 0.15) is 72.1 Å². The second kappa shape index (κ2) is 4.49. The average Bonchev–Trinajstić information content (AvgIpc) is 2.72. The summed E-state index contributed by atoms with van der Waals surface area (Å²) in [6, 6.07) is 0. The molecule has 4 rings (SSSR count). The van der Waals surface area contributed by atoms with E-state index >= 15 is 0 Å². The van der Waals surface area contributed by atoms with E-state index in [1.165, 1.54) is 5.57 Å². The Kier molecular flexibility index (Phi) is 3.09. The minimum absolute atomic E-state index is 0.0774. The van der Waals surface area contributed by atoms with Gasteiger partial charge in [0.25, 0.3) is 0 Å². The zero-order valence-electron chi connectivity index (χ0n) is 14.7. The normalized spacial score (nSPS) is 55.7. The number of aliphatic hydroxyl groups is 2. The number of carbonyl (C=O) groups excluding carboxylic acids is 1. The maximum Gasteiger partial charge on any atom is 0.155 e. The summed E-state index contributed by atoms with van der Waals surface area (Å²) >= 11 is 0. The van der Waals surface area contributed by atoms with Gasteiger partial charge in [-0.1, -0.05) is 19.4 Å². The summed E-state index contributed by atoms with van der Waals surface area (Å²) in [6.07, 6.45) is 8.57. The Hall–Kier alpha value is -0.670. The smallest absolute Gasteiger partial charge is 0.155 e. The third kappa shape index (κ3) is 1.76. The summed E-state index contributed by atoms with van der Waals surface area (Å²) in [4.78, 5) is 11.9. The second-order valence-electron chi connectivity index (χ2n) is 9.37. The van der Waals surface area contributed by atoms with Crippen molar-refractivity contribution < 1.29 is 15.0 Å². The number of rotatable bonds is 0. The molecule has 0 aromatic heterocycles. The van der Waals surface area contributed by atoms with E-state index in [4.69, 9.17) is 0 Å². The molecule has 3 saturated carbocycles. The fourth-order valence-electron chi connectivity index (χ4n) is 6.75. The number of carbonyl (C=O) groups is 1. The SMILES string of the molecule is C[C@]12CCC(=O)C=C1CC[C@H]1[C@@H]3CC[C@](C)(O)[C@@]3(C)CCC12O. The van der Waals surface area contributed by atoms with Crippen molar-refractivity contribution in [3.05, 3.63) is 11.6 Å². The molecule has 0 aromatic rings. The van der Waals surface area contributed by atoms with Gasteiger partial charge in [-0.25, -0.2) is 0 Å². The maximum atomic E-state index is 11.9. The molecule has 2 N–H and O–H groups in total. The van der Waals surface area contributed by atoms with E-state index in [-0.39, 0.29) is 22.5 Å². The molecular formula is C20H30O3. The molecule has 3 nitrogen and oxygen atoms in total. The molecule has 0 heterocycles. The average molecular weight is 318 g/mol. The molecule has 0 amide bonds. The summed E-state index contributed by atoms with van der Waals surface area (Å²) in [7, 11) is 0. The summed E-state index contributed by atoms with van der Waals surface area (Å²) in [6.45, 7) is 6.42. The third-order valence-electron chi connectivity index (χ3n) is 8.71.